The minimum absolute atomic E-state index is 0.105. The highest BCUT2D eigenvalue weighted by atomic mass is 16.5. The molecule has 160 valence electrons. The van der Waals surface area contributed by atoms with E-state index in [1.165, 1.54) is 4.90 Å². The molecule has 0 unspecified atom stereocenters. The van der Waals surface area contributed by atoms with Gasteiger partial charge in [-0.1, -0.05) is 11.2 Å². The Morgan fingerprint density at radius 1 is 1.06 bits per heavy atom. The second kappa shape index (κ2) is 7.78. The molecular formula is C21H18N8O3. The number of pyridine rings is 1. The van der Waals surface area contributed by atoms with Gasteiger partial charge in [-0.3, -0.25) is 4.79 Å². The third-order valence-electron chi connectivity index (χ3n) is 5.20. The summed E-state index contributed by atoms with van der Waals surface area (Å²) in [5, 5.41) is 25.4. The maximum absolute atomic E-state index is 12.3. The van der Waals surface area contributed by atoms with Crippen molar-refractivity contribution in [2.24, 2.45) is 0 Å². The van der Waals surface area contributed by atoms with Crippen molar-refractivity contribution in [1.29, 1.82) is 0 Å². The third-order valence-corrected chi connectivity index (χ3v) is 5.20. The highest BCUT2D eigenvalue weighted by Crippen LogP contribution is 2.34. The molecule has 0 spiro atoms. The average Bonchev–Trinajstić information content (AvgIpc) is 3.43. The Morgan fingerprint density at radius 2 is 1.88 bits per heavy atom. The van der Waals surface area contributed by atoms with Crippen LogP contribution in [0.2, 0.25) is 0 Å². The Balaban J connectivity index is 1.42. The lowest BCUT2D eigenvalue weighted by atomic mass is 9.98. The lowest BCUT2D eigenvalue weighted by Crippen LogP contribution is -2.35. The minimum Gasteiger partial charge on any atom is -0.373 e. The van der Waals surface area contributed by atoms with Crippen LogP contribution in [-0.2, 0) is 10.4 Å². The van der Waals surface area contributed by atoms with Crippen molar-refractivity contribution in [3.63, 3.8) is 0 Å². The zero-order valence-electron chi connectivity index (χ0n) is 17.0. The van der Waals surface area contributed by atoms with Crippen LogP contribution in [-0.4, -0.2) is 59.8 Å². The number of aliphatic hydroxyl groups is 1. The Labute approximate surface area is 182 Å². The summed E-state index contributed by atoms with van der Waals surface area (Å²) in [4.78, 5) is 27.1. The summed E-state index contributed by atoms with van der Waals surface area (Å²) in [6.45, 7) is 0.443. The molecule has 1 aliphatic heterocycles. The first-order valence-electron chi connectivity index (χ1n) is 9.83. The van der Waals surface area contributed by atoms with Crippen LogP contribution in [0.1, 0.15) is 12.2 Å². The van der Waals surface area contributed by atoms with Gasteiger partial charge in [-0.05, 0) is 24.3 Å². The van der Waals surface area contributed by atoms with E-state index in [1.807, 2.05) is 12.1 Å². The fourth-order valence-electron chi connectivity index (χ4n) is 3.45. The van der Waals surface area contributed by atoms with Gasteiger partial charge in [0.05, 0.1) is 35.2 Å². The summed E-state index contributed by atoms with van der Waals surface area (Å²) < 4.78 is 5.32. The van der Waals surface area contributed by atoms with Crippen molar-refractivity contribution in [2.75, 3.05) is 18.9 Å². The van der Waals surface area contributed by atoms with Gasteiger partial charge in [0.25, 0.3) is 5.91 Å². The van der Waals surface area contributed by atoms with Crippen molar-refractivity contribution in [1.82, 2.24) is 35.2 Å². The molecular weight excluding hydrogens is 412 g/mol. The van der Waals surface area contributed by atoms with E-state index in [0.29, 0.717) is 41.0 Å². The largest absolute Gasteiger partial charge is 0.373 e. The quantitative estimate of drug-likeness (QED) is 0.481. The van der Waals surface area contributed by atoms with E-state index in [0.717, 1.165) is 0 Å². The highest BCUT2D eigenvalue weighted by Gasteiger charge is 2.48. The fourth-order valence-corrected chi connectivity index (χ4v) is 3.45. The molecule has 2 N–H and O–H groups in total. The smallest absolute Gasteiger partial charge is 0.262 e. The molecule has 11 nitrogen and oxygen atoms in total. The van der Waals surface area contributed by atoms with Crippen molar-refractivity contribution < 1.29 is 14.4 Å². The Bertz CT molecular complexity index is 1280. The van der Waals surface area contributed by atoms with Gasteiger partial charge in [-0.25, -0.2) is 15.0 Å². The number of carbonyl (C=O) groups is 1. The molecule has 0 radical (unpaired) electrons. The van der Waals surface area contributed by atoms with Crippen molar-refractivity contribution in [3.05, 3.63) is 60.7 Å². The number of nitrogens with zero attached hydrogens (tertiary/aromatic N) is 7. The average molecular weight is 430 g/mol. The van der Waals surface area contributed by atoms with Crippen LogP contribution in [0.4, 0.5) is 11.6 Å². The summed E-state index contributed by atoms with van der Waals surface area (Å²) >= 11 is 0. The first-order valence-corrected chi connectivity index (χ1v) is 9.83. The molecule has 4 aromatic rings. The summed E-state index contributed by atoms with van der Waals surface area (Å²) in [7, 11) is 1.64. The normalized spacial score (nSPS) is 18.2. The number of rotatable bonds is 5. The van der Waals surface area contributed by atoms with Gasteiger partial charge in [0.1, 0.15) is 5.69 Å². The second-order valence-corrected chi connectivity index (χ2v) is 7.34. The second-order valence-electron chi connectivity index (χ2n) is 7.34. The molecule has 1 fully saturated rings. The van der Waals surface area contributed by atoms with Crippen molar-refractivity contribution >= 4 is 17.5 Å². The van der Waals surface area contributed by atoms with Crippen LogP contribution in [0.5, 0.6) is 0 Å². The molecule has 0 aliphatic carbocycles. The lowest BCUT2D eigenvalue weighted by molar-refractivity contribution is -0.144. The van der Waals surface area contributed by atoms with Gasteiger partial charge in [-0.15, -0.1) is 0 Å². The molecule has 32 heavy (non-hydrogen) atoms. The predicted octanol–water partition coefficient (Wildman–Crippen LogP) is 1.78. The maximum Gasteiger partial charge on any atom is 0.262 e. The van der Waals surface area contributed by atoms with Gasteiger partial charge >= 0.3 is 0 Å². The zero-order chi connectivity index (χ0) is 22.1. The number of hydrogen-bond donors (Lipinski definition) is 2. The Hall–Kier alpha value is -4.25. The predicted molar refractivity (Wildman–Crippen MR) is 112 cm³/mol. The number of carbonyl (C=O) groups excluding carboxylic acids is 1. The monoisotopic (exact) mass is 430 g/mol. The standard InChI is InChI=1S/C21H18N8O3/c1-29-10-7-21(31,19(29)30)18-11-17(28-32-18)15-4-2-3-14(26-15)16-6-8-22-20(27-16)25-13-5-9-23-24-12-13/h2-6,8-9,11-12,31H,7,10H2,1H3,(H,22,23,25,27)/t21-/m1/s1. The molecule has 1 aliphatic rings. The molecule has 0 bridgehead atoms. The number of likely N-dealkylation sites (tertiary alicyclic amines) is 1. The van der Waals surface area contributed by atoms with Crippen LogP contribution in [0.25, 0.3) is 22.8 Å². The Kier molecular flexibility index (Phi) is 4.79. The van der Waals surface area contributed by atoms with E-state index in [-0.39, 0.29) is 12.2 Å². The Morgan fingerprint density at radius 3 is 2.62 bits per heavy atom. The molecule has 0 saturated carbocycles. The molecule has 1 amide bonds. The molecule has 5 rings (SSSR count). The van der Waals surface area contributed by atoms with E-state index in [9.17, 15) is 9.90 Å². The number of aromatic nitrogens is 6. The summed E-state index contributed by atoms with van der Waals surface area (Å²) in [6, 6.07) is 10.4. The number of likely N-dealkylation sites (N-methyl/N-ethyl adjacent to an activating group) is 1. The lowest BCUT2D eigenvalue weighted by Gasteiger charge is -2.16. The highest BCUT2D eigenvalue weighted by molar-refractivity contribution is 5.87. The van der Waals surface area contributed by atoms with Gasteiger partial charge in [-0.2, -0.15) is 10.2 Å². The maximum atomic E-state index is 12.3. The van der Waals surface area contributed by atoms with E-state index in [2.05, 4.69) is 35.6 Å². The van der Waals surface area contributed by atoms with Crippen molar-refractivity contribution in [3.8, 4) is 22.8 Å². The third kappa shape index (κ3) is 3.54. The number of anilines is 2. The topological polar surface area (TPSA) is 143 Å². The van der Waals surface area contributed by atoms with E-state index >= 15 is 0 Å². The van der Waals surface area contributed by atoms with E-state index in [1.54, 1.807) is 49.9 Å². The van der Waals surface area contributed by atoms with Crippen LogP contribution >= 0.6 is 0 Å². The fraction of sp³-hybridized carbons (Fsp3) is 0.190. The van der Waals surface area contributed by atoms with Gasteiger partial charge < -0.3 is 19.8 Å². The van der Waals surface area contributed by atoms with Crippen LogP contribution in [0.3, 0.4) is 0 Å². The van der Waals surface area contributed by atoms with Gasteiger partial charge in [0.15, 0.2) is 5.76 Å². The van der Waals surface area contributed by atoms with Crippen LogP contribution in [0.15, 0.2) is 59.5 Å². The molecule has 1 atom stereocenters. The minimum atomic E-state index is -1.70. The summed E-state index contributed by atoms with van der Waals surface area (Å²) in [5.74, 6) is 0.0818. The number of nitrogens with one attached hydrogen (secondary N) is 1. The molecule has 5 heterocycles. The number of amides is 1. The molecule has 1 saturated heterocycles. The molecule has 11 heteroatoms. The van der Waals surface area contributed by atoms with Crippen LogP contribution < -0.4 is 5.32 Å². The molecule has 0 aromatic carbocycles. The van der Waals surface area contributed by atoms with Gasteiger partial charge in [0.2, 0.25) is 11.5 Å². The first-order chi connectivity index (χ1) is 15.5. The zero-order valence-corrected chi connectivity index (χ0v) is 17.0. The molecule has 4 aromatic heterocycles. The van der Waals surface area contributed by atoms with E-state index < -0.39 is 11.5 Å². The summed E-state index contributed by atoms with van der Waals surface area (Å²) in [6.07, 6.45) is 5.00. The first kappa shape index (κ1) is 19.7. The summed E-state index contributed by atoms with van der Waals surface area (Å²) in [5.41, 5.74) is 1.13. The SMILES string of the molecule is CN1CC[C@@](O)(c2cc(-c3cccc(-c4ccnc(Nc5ccnnc5)n4)n3)no2)C1=O. The number of hydrogen-bond acceptors (Lipinski definition) is 10. The van der Waals surface area contributed by atoms with Crippen LogP contribution in [0, 0.1) is 0 Å². The van der Waals surface area contributed by atoms with Gasteiger partial charge in [0, 0.05) is 32.3 Å². The van der Waals surface area contributed by atoms with Crippen molar-refractivity contribution in [2.45, 2.75) is 12.0 Å². The van der Waals surface area contributed by atoms with E-state index in [4.69, 9.17) is 4.52 Å².